The maximum Gasteiger partial charge on any atom is 0.463 e. The van der Waals surface area contributed by atoms with Gasteiger partial charge in [-0.15, -0.1) is 0 Å². The van der Waals surface area contributed by atoms with Crippen LogP contribution in [0.4, 0.5) is 0 Å². The molecule has 4 aliphatic rings. The van der Waals surface area contributed by atoms with Crippen LogP contribution in [0.15, 0.2) is 30.3 Å². The Morgan fingerprint density at radius 2 is 1.97 bits per heavy atom. The van der Waals surface area contributed by atoms with Crippen molar-refractivity contribution in [2.24, 2.45) is 28.7 Å². The quantitative estimate of drug-likeness (QED) is 0.383. The summed E-state index contributed by atoms with van der Waals surface area (Å²) in [7, 11) is -0.325. The van der Waals surface area contributed by atoms with Gasteiger partial charge in [0, 0.05) is 12.4 Å². The molecule has 5 N–H and O–H groups in total. The summed E-state index contributed by atoms with van der Waals surface area (Å²) in [6.07, 6.45) is 5.62. The van der Waals surface area contributed by atoms with Crippen molar-refractivity contribution in [2.45, 2.75) is 82.9 Å². The van der Waals surface area contributed by atoms with Gasteiger partial charge in [0.1, 0.15) is 0 Å². The summed E-state index contributed by atoms with van der Waals surface area (Å²) < 4.78 is 13.3. The Hall–Kier alpha value is -1.41. The van der Waals surface area contributed by atoms with Crippen LogP contribution in [0.2, 0.25) is 5.82 Å². The molecule has 1 unspecified atom stereocenters. The molecular formula is C25H40BN3O3. The Morgan fingerprint density at radius 1 is 1.22 bits per heavy atom. The Labute approximate surface area is 193 Å². The van der Waals surface area contributed by atoms with E-state index in [9.17, 15) is 4.79 Å². The summed E-state index contributed by atoms with van der Waals surface area (Å²) in [5, 5.41) is 3.08. The van der Waals surface area contributed by atoms with E-state index in [-0.39, 0.29) is 30.5 Å². The molecule has 3 aliphatic carbocycles. The van der Waals surface area contributed by atoms with E-state index in [1.807, 2.05) is 18.2 Å². The zero-order chi connectivity index (χ0) is 22.9. The van der Waals surface area contributed by atoms with Crippen LogP contribution < -0.4 is 16.8 Å². The summed E-state index contributed by atoms with van der Waals surface area (Å²) in [5.41, 5.74) is 12.9. The van der Waals surface area contributed by atoms with Gasteiger partial charge >= 0.3 is 7.12 Å². The summed E-state index contributed by atoms with van der Waals surface area (Å²) in [6.45, 7) is 8.10. The monoisotopic (exact) mass is 441 g/mol. The van der Waals surface area contributed by atoms with Crippen molar-refractivity contribution in [1.29, 1.82) is 0 Å². The van der Waals surface area contributed by atoms with Crippen molar-refractivity contribution in [3.05, 3.63) is 35.9 Å². The molecule has 1 aromatic carbocycles. The second-order valence-corrected chi connectivity index (χ2v) is 10.9. The van der Waals surface area contributed by atoms with Crippen LogP contribution in [0.1, 0.15) is 58.4 Å². The highest BCUT2D eigenvalue weighted by Crippen LogP contribution is 2.66. The second-order valence-electron chi connectivity index (χ2n) is 10.9. The predicted octanol–water partition coefficient (Wildman–Crippen LogP) is 2.90. The van der Waals surface area contributed by atoms with Crippen LogP contribution in [0.25, 0.3) is 0 Å². The molecule has 5 rings (SSSR count). The number of benzene rings is 1. The van der Waals surface area contributed by atoms with E-state index in [0.29, 0.717) is 36.8 Å². The number of amides is 1. The minimum absolute atomic E-state index is 0.0281. The minimum Gasteiger partial charge on any atom is -0.405 e. The molecule has 1 amide bonds. The van der Waals surface area contributed by atoms with E-state index in [4.69, 9.17) is 20.8 Å². The van der Waals surface area contributed by atoms with Crippen molar-refractivity contribution in [3.8, 4) is 0 Å². The molecule has 0 aromatic heterocycles. The summed E-state index contributed by atoms with van der Waals surface area (Å²) >= 11 is 0. The second kappa shape index (κ2) is 9.45. The maximum atomic E-state index is 12.6. The van der Waals surface area contributed by atoms with E-state index in [0.717, 1.165) is 25.7 Å². The number of nitrogens with one attached hydrogen (secondary N) is 1. The van der Waals surface area contributed by atoms with Crippen LogP contribution >= 0.6 is 0 Å². The minimum atomic E-state index is -0.502. The molecule has 0 spiro atoms. The van der Waals surface area contributed by atoms with E-state index in [2.05, 4.69) is 38.2 Å². The lowest BCUT2D eigenvalue weighted by atomic mass is 9.43. The number of rotatable bonds is 10. The highest BCUT2D eigenvalue weighted by atomic mass is 16.7. The third-order valence-corrected chi connectivity index (χ3v) is 8.54. The van der Waals surface area contributed by atoms with Crippen LogP contribution in [0, 0.1) is 17.3 Å². The number of hydrogen-bond donors (Lipinski definition) is 3. The van der Waals surface area contributed by atoms with Crippen LogP contribution in [-0.2, 0) is 20.5 Å². The van der Waals surface area contributed by atoms with Gasteiger partial charge < -0.3 is 26.1 Å². The van der Waals surface area contributed by atoms with Gasteiger partial charge in [-0.25, -0.2) is 0 Å². The number of hydrogen-bond acceptors (Lipinski definition) is 5. The standard InChI is InChI=1S/C25H40BN3O3/c1-24(2)18-14-21(24)25(3)22(15-18)31-26(32-25)19(13-17-9-5-4-6-10-17)16-29-23(30)20(28)11-7-8-12-27/h4-6,9-10,18-22H,7-8,11-16,27-28H2,1-3H3,(H,29,30)/t18-,19?,20+,21-,22+,25-/m1/s1. The Kier molecular flexibility index (Phi) is 7.01. The maximum absolute atomic E-state index is 12.6. The highest BCUT2D eigenvalue weighted by Gasteiger charge is 2.68. The average molecular weight is 441 g/mol. The first-order valence-corrected chi connectivity index (χ1v) is 12.4. The topological polar surface area (TPSA) is 99.6 Å². The SMILES string of the molecule is CC1(C)[C@H]2C[C@@H]3OB(C(CNC(=O)[C@@H](N)CCCCN)Cc4ccccc4)O[C@]3(C)[C@@H]1C2. The van der Waals surface area contributed by atoms with Crippen LogP contribution in [0.3, 0.4) is 0 Å². The molecule has 6 atom stereocenters. The number of carbonyl (C=O) groups is 1. The molecular weight excluding hydrogens is 401 g/mol. The molecule has 32 heavy (non-hydrogen) atoms. The van der Waals surface area contributed by atoms with Crippen molar-refractivity contribution in [3.63, 3.8) is 0 Å². The number of unbranched alkanes of at least 4 members (excludes halogenated alkanes) is 1. The zero-order valence-electron chi connectivity index (χ0n) is 19.9. The molecule has 176 valence electrons. The molecule has 0 radical (unpaired) electrons. The summed E-state index contributed by atoms with van der Waals surface area (Å²) in [5.74, 6) is 1.16. The molecule has 4 fully saturated rings. The van der Waals surface area contributed by atoms with Crippen LogP contribution in [0.5, 0.6) is 0 Å². The van der Waals surface area contributed by atoms with E-state index >= 15 is 0 Å². The number of carbonyl (C=O) groups excluding carboxylic acids is 1. The van der Waals surface area contributed by atoms with Crippen molar-refractivity contribution >= 4 is 13.0 Å². The first-order chi connectivity index (χ1) is 15.3. The Morgan fingerprint density at radius 3 is 2.66 bits per heavy atom. The first-order valence-electron chi connectivity index (χ1n) is 12.4. The fourth-order valence-corrected chi connectivity index (χ4v) is 6.29. The largest absolute Gasteiger partial charge is 0.463 e. The number of nitrogens with two attached hydrogens (primary N) is 2. The van der Waals surface area contributed by atoms with E-state index in [1.165, 1.54) is 12.0 Å². The molecule has 6 nitrogen and oxygen atoms in total. The van der Waals surface area contributed by atoms with Crippen molar-refractivity contribution in [2.75, 3.05) is 13.1 Å². The van der Waals surface area contributed by atoms with Gasteiger partial charge in [0.25, 0.3) is 0 Å². The summed E-state index contributed by atoms with van der Waals surface area (Å²) in [6, 6.07) is 9.86. The molecule has 1 aromatic rings. The molecule has 7 heteroatoms. The lowest BCUT2D eigenvalue weighted by Crippen LogP contribution is -2.65. The lowest BCUT2D eigenvalue weighted by Gasteiger charge is -2.64. The third-order valence-electron chi connectivity index (χ3n) is 8.54. The summed E-state index contributed by atoms with van der Waals surface area (Å²) in [4.78, 5) is 12.6. The molecule has 1 aliphatic heterocycles. The first kappa shape index (κ1) is 23.7. The fraction of sp³-hybridized carbons (Fsp3) is 0.720. The van der Waals surface area contributed by atoms with Gasteiger partial charge in [-0.2, -0.15) is 0 Å². The van der Waals surface area contributed by atoms with E-state index in [1.54, 1.807) is 0 Å². The molecule has 3 saturated carbocycles. The van der Waals surface area contributed by atoms with Crippen molar-refractivity contribution in [1.82, 2.24) is 5.32 Å². The van der Waals surface area contributed by atoms with Crippen LogP contribution in [-0.4, -0.2) is 43.9 Å². The third kappa shape index (κ3) is 4.50. The molecule has 2 bridgehead atoms. The van der Waals surface area contributed by atoms with Gasteiger partial charge in [0.05, 0.1) is 17.7 Å². The zero-order valence-corrected chi connectivity index (χ0v) is 19.9. The van der Waals surface area contributed by atoms with Gasteiger partial charge in [-0.05, 0) is 68.4 Å². The van der Waals surface area contributed by atoms with Crippen molar-refractivity contribution < 1.29 is 14.1 Å². The Bertz CT molecular complexity index is 792. The van der Waals surface area contributed by atoms with Gasteiger partial charge in [-0.1, -0.05) is 50.6 Å². The predicted molar refractivity (Wildman–Crippen MR) is 128 cm³/mol. The molecule has 1 saturated heterocycles. The molecule has 1 heterocycles. The Balaban J connectivity index is 1.43. The fourth-order valence-electron chi connectivity index (χ4n) is 6.29. The highest BCUT2D eigenvalue weighted by molar-refractivity contribution is 6.47. The van der Waals surface area contributed by atoms with Gasteiger partial charge in [0.2, 0.25) is 5.91 Å². The lowest BCUT2D eigenvalue weighted by molar-refractivity contribution is -0.199. The van der Waals surface area contributed by atoms with Gasteiger partial charge in [-0.3, -0.25) is 4.79 Å². The normalized spacial score (nSPS) is 32.0. The average Bonchev–Trinajstić information content (AvgIpc) is 3.14. The smallest absolute Gasteiger partial charge is 0.405 e. The van der Waals surface area contributed by atoms with E-state index < -0.39 is 6.04 Å². The van der Waals surface area contributed by atoms with Gasteiger partial charge in [0.15, 0.2) is 0 Å².